The third kappa shape index (κ3) is 2.49. The molecule has 0 aromatic heterocycles. The molecule has 0 aromatic rings. The smallest absolute Gasteiger partial charge is 0.159 e. The van der Waals surface area contributed by atoms with Crippen LogP contribution in [0.15, 0.2) is 4.99 Å². The van der Waals surface area contributed by atoms with Gasteiger partial charge >= 0.3 is 0 Å². The Morgan fingerprint density at radius 3 is 2.60 bits per heavy atom. The van der Waals surface area contributed by atoms with Gasteiger partial charge in [-0.3, -0.25) is 4.99 Å². The fourth-order valence-corrected chi connectivity index (χ4v) is 3.36. The van der Waals surface area contributed by atoms with Crippen LogP contribution in [0.25, 0.3) is 0 Å². The first-order valence-corrected chi connectivity index (χ1v) is 7.05. The van der Waals surface area contributed by atoms with Crippen molar-refractivity contribution in [2.24, 2.45) is 16.8 Å². The summed E-state index contributed by atoms with van der Waals surface area (Å²) in [6, 6.07) is 1.24. The van der Waals surface area contributed by atoms with Gasteiger partial charge in [-0.05, 0) is 32.1 Å². The SMILES string of the molecule is CC(C)C1CC1/N=C1\SCCN1C(C)C. The second-order valence-electron chi connectivity index (χ2n) is 5.26. The van der Waals surface area contributed by atoms with Gasteiger partial charge in [0.15, 0.2) is 5.17 Å². The molecule has 2 atom stereocenters. The molecule has 0 radical (unpaired) electrons. The van der Waals surface area contributed by atoms with Gasteiger partial charge in [-0.25, -0.2) is 0 Å². The topological polar surface area (TPSA) is 15.6 Å². The molecular formula is C12H22N2S. The van der Waals surface area contributed by atoms with E-state index in [1.165, 1.54) is 23.9 Å². The van der Waals surface area contributed by atoms with Gasteiger partial charge < -0.3 is 4.90 Å². The summed E-state index contributed by atoms with van der Waals surface area (Å²) in [5.41, 5.74) is 0. The van der Waals surface area contributed by atoms with E-state index in [4.69, 9.17) is 4.99 Å². The standard InChI is InChI=1S/C12H22N2S/c1-8(2)10-7-11(10)13-12-14(9(3)4)5-6-15-12/h8-11H,5-7H2,1-4H3/b13-12-. The summed E-state index contributed by atoms with van der Waals surface area (Å²) in [4.78, 5) is 7.34. The average Bonchev–Trinajstić information content (AvgIpc) is 2.74. The van der Waals surface area contributed by atoms with Crippen molar-refractivity contribution in [1.29, 1.82) is 0 Å². The summed E-state index contributed by atoms with van der Waals surface area (Å²) in [6.45, 7) is 10.3. The highest BCUT2D eigenvalue weighted by Crippen LogP contribution is 2.41. The number of hydrogen-bond donors (Lipinski definition) is 0. The van der Waals surface area contributed by atoms with Gasteiger partial charge in [-0.15, -0.1) is 0 Å². The Bertz CT molecular complexity index is 260. The van der Waals surface area contributed by atoms with Crippen molar-refractivity contribution in [3.05, 3.63) is 0 Å². The zero-order valence-corrected chi connectivity index (χ0v) is 11.0. The van der Waals surface area contributed by atoms with Crippen LogP contribution >= 0.6 is 11.8 Å². The quantitative estimate of drug-likeness (QED) is 0.735. The van der Waals surface area contributed by atoms with Crippen LogP contribution in [0.2, 0.25) is 0 Å². The number of aliphatic imine (C=N–C) groups is 1. The summed E-state index contributed by atoms with van der Waals surface area (Å²) in [7, 11) is 0. The van der Waals surface area contributed by atoms with Crippen molar-refractivity contribution in [3.8, 4) is 0 Å². The van der Waals surface area contributed by atoms with Gasteiger partial charge in [0.25, 0.3) is 0 Å². The van der Waals surface area contributed by atoms with Gasteiger partial charge in [0.2, 0.25) is 0 Å². The Morgan fingerprint density at radius 2 is 2.07 bits per heavy atom. The Labute approximate surface area is 97.5 Å². The fourth-order valence-electron chi connectivity index (χ4n) is 2.21. The third-order valence-electron chi connectivity index (χ3n) is 3.37. The zero-order valence-electron chi connectivity index (χ0n) is 10.2. The second kappa shape index (κ2) is 4.36. The molecule has 1 aliphatic heterocycles. The number of thioether (sulfide) groups is 1. The normalized spacial score (nSPS) is 33.5. The molecule has 1 saturated carbocycles. The second-order valence-corrected chi connectivity index (χ2v) is 6.32. The fraction of sp³-hybridized carbons (Fsp3) is 0.917. The number of nitrogens with zero attached hydrogens (tertiary/aromatic N) is 2. The van der Waals surface area contributed by atoms with Crippen LogP contribution in [0.1, 0.15) is 34.1 Å². The van der Waals surface area contributed by atoms with E-state index in [9.17, 15) is 0 Å². The molecule has 2 fully saturated rings. The molecule has 1 saturated heterocycles. The Kier molecular flexibility index (Phi) is 3.29. The van der Waals surface area contributed by atoms with E-state index >= 15 is 0 Å². The lowest BCUT2D eigenvalue weighted by atomic mass is 10.1. The number of amidine groups is 1. The number of hydrogen-bond acceptors (Lipinski definition) is 2. The lowest BCUT2D eigenvalue weighted by Gasteiger charge is -2.22. The lowest BCUT2D eigenvalue weighted by molar-refractivity contribution is 0.382. The van der Waals surface area contributed by atoms with Gasteiger partial charge in [-0.1, -0.05) is 25.6 Å². The van der Waals surface area contributed by atoms with Crippen LogP contribution in [-0.2, 0) is 0 Å². The van der Waals surface area contributed by atoms with Gasteiger partial charge in [0.05, 0.1) is 6.04 Å². The Morgan fingerprint density at radius 1 is 1.33 bits per heavy atom. The van der Waals surface area contributed by atoms with E-state index in [0.717, 1.165) is 11.8 Å². The molecule has 0 aromatic carbocycles. The van der Waals surface area contributed by atoms with Crippen LogP contribution in [0, 0.1) is 11.8 Å². The van der Waals surface area contributed by atoms with E-state index in [0.29, 0.717) is 12.1 Å². The molecule has 2 aliphatic rings. The summed E-state index contributed by atoms with van der Waals surface area (Å²) in [5, 5.41) is 1.30. The highest BCUT2D eigenvalue weighted by Gasteiger charge is 2.40. The lowest BCUT2D eigenvalue weighted by Crippen LogP contribution is -2.31. The van der Waals surface area contributed by atoms with E-state index in [2.05, 4.69) is 32.6 Å². The van der Waals surface area contributed by atoms with Crippen molar-refractivity contribution in [2.45, 2.75) is 46.2 Å². The molecular weight excluding hydrogens is 204 g/mol. The van der Waals surface area contributed by atoms with Crippen LogP contribution in [-0.4, -0.2) is 34.4 Å². The summed E-state index contributed by atoms with van der Waals surface area (Å²) in [6.07, 6.45) is 1.31. The van der Waals surface area contributed by atoms with Crippen molar-refractivity contribution < 1.29 is 0 Å². The molecule has 1 heterocycles. The highest BCUT2D eigenvalue weighted by atomic mass is 32.2. The van der Waals surface area contributed by atoms with E-state index in [-0.39, 0.29) is 0 Å². The molecule has 1 aliphatic carbocycles. The Hall–Kier alpha value is -0.180. The first kappa shape index (κ1) is 11.3. The first-order chi connectivity index (χ1) is 7.09. The van der Waals surface area contributed by atoms with Crippen molar-refractivity contribution in [3.63, 3.8) is 0 Å². The maximum atomic E-state index is 4.90. The van der Waals surface area contributed by atoms with E-state index in [1.807, 2.05) is 11.8 Å². The molecule has 15 heavy (non-hydrogen) atoms. The molecule has 0 bridgehead atoms. The Balaban J connectivity index is 1.96. The first-order valence-electron chi connectivity index (χ1n) is 6.07. The average molecular weight is 226 g/mol. The summed E-state index contributed by atoms with van der Waals surface area (Å²) in [5.74, 6) is 2.88. The number of rotatable bonds is 3. The van der Waals surface area contributed by atoms with E-state index in [1.54, 1.807) is 0 Å². The predicted molar refractivity (Wildman–Crippen MR) is 68.5 cm³/mol. The minimum Gasteiger partial charge on any atom is -0.348 e. The largest absolute Gasteiger partial charge is 0.348 e. The monoisotopic (exact) mass is 226 g/mol. The van der Waals surface area contributed by atoms with Gasteiger partial charge in [0.1, 0.15) is 0 Å². The summed E-state index contributed by atoms with van der Waals surface area (Å²) < 4.78 is 0. The molecule has 2 unspecified atom stereocenters. The highest BCUT2D eigenvalue weighted by molar-refractivity contribution is 8.14. The summed E-state index contributed by atoms with van der Waals surface area (Å²) >= 11 is 1.94. The molecule has 86 valence electrons. The van der Waals surface area contributed by atoms with Crippen LogP contribution in [0.3, 0.4) is 0 Å². The molecule has 3 heteroatoms. The maximum Gasteiger partial charge on any atom is 0.159 e. The maximum absolute atomic E-state index is 4.90. The molecule has 2 nitrogen and oxygen atoms in total. The van der Waals surface area contributed by atoms with Crippen molar-refractivity contribution in [1.82, 2.24) is 4.90 Å². The van der Waals surface area contributed by atoms with Gasteiger partial charge in [-0.2, -0.15) is 0 Å². The zero-order chi connectivity index (χ0) is 11.0. The molecule has 0 amide bonds. The van der Waals surface area contributed by atoms with E-state index < -0.39 is 0 Å². The molecule has 0 N–H and O–H groups in total. The third-order valence-corrected chi connectivity index (χ3v) is 4.35. The van der Waals surface area contributed by atoms with Gasteiger partial charge in [0, 0.05) is 18.3 Å². The minimum atomic E-state index is 0.606. The molecule has 0 spiro atoms. The van der Waals surface area contributed by atoms with Crippen molar-refractivity contribution in [2.75, 3.05) is 12.3 Å². The molecule has 2 rings (SSSR count). The van der Waals surface area contributed by atoms with Crippen LogP contribution in [0.5, 0.6) is 0 Å². The predicted octanol–water partition coefficient (Wildman–Crippen LogP) is 2.84. The van der Waals surface area contributed by atoms with Crippen molar-refractivity contribution >= 4 is 16.9 Å². The van der Waals surface area contributed by atoms with Crippen LogP contribution < -0.4 is 0 Å². The van der Waals surface area contributed by atoms with Crippen LogP contribution in [0.4, 0.5) is 0 Å². The minimum absolute atomic E-state index is 0.606.